The van der Waals surface area contributed by atoms with Crippen LogP contribution in [0.2, 0.25) is 0 Å². The van der Waals surface area contributed by atoms with Gasteiger partial charge in [0.15, 0.2) is 0 Å². The summed E-state index contributed by atoms with van der Waals surface area (Å²) in [6.45, 7) is 3.59. The molecule has 0 rings (SSSR count). The normalized spacial score (nSPS) is 9.50. The minimum atomic E-state index is 0.117. The second kappa shape index (κ2) is 10.1. The SMILES string of the molecule is CC(=O)CCOCCOCCN=C=O. The molecule has 0 aliphatic rings. The molecular formula is C9H15NO4. The summed E-state index contributed by atoms with van der Waals surface area (Å²) in [4.78, 5) is 23.4. The van der Waals surface area contributed by atoms with Crippen molar-refractivity contribution in [1.29, 1.82) is 0 Å². The lowest BCUT2D eigenvalue weighted by atomic mass is 10.3. The molecule has 80 valence electrons. The molecule has 0 spiro atoms. The second-order valence-electron chi connectivity index (χ2n) is 2.65. The maximum absolute atomic E-state index is 10.5. The number of ketones is 1. The van der Waals surface area contributed by atoms with Crippen LogP contribution in [0.4, 0.5) is 0 Å². The standard InChI is InChI=1S/C9H15NO4/c1-9(12)2-4-13-6-7-14-5-3-10-8-11/h2-7H2,1H3. The molecule has 0 heterocycles. The van der Waals surface area contributed by atoms with Crippen LogP contribution in [0.1, 0.15) is 13.3 Å². The van der Waals surface area contributed by atoms with E-state index in [1.54, 1.807) is 0 Å². The number of ether oxygens (including phenoxy) is 2. The van der Waals surface area contributed by atoms with Gasteiger partial charge in [-0.3, -0.25) is 4.79 Å². The summed E-state index contributed by atoms with van der Waals surface area (Å²) in [5, 5.41) is 0. The number of aliphatic imine (C=N–C) groups is 1. The van der Waals surface area contributed by atoms with E-state index in [-0.39, 0.29) is 5.78 Å². The Hall–Kier alpha value is -1.03. The van der Waals surface area contributed by atoms with Crippen LogP contribution < -0.4 is 0 Å². The fourth-order valence-corrected chi connectivity index (χ4v) is 0.694. The molecule has 14 heavy (non-hydrogen) atoms. The number of nitrogens with zero attached hydrogens (tertiary/aromatic N) is 1. The first kappa shape index (κ1) is 13.0. The zero-order valence-electron chi connectivity index (χ0n) is 8.32. The van der Waals surface area contributed by atoms with Crippen molar-refractivity contribution in [3.05, 3.63) is 0 Å². The summed E-state index contributed by atoms with van der Waals surface area (Å²) in [6.07, 6.45) is 1.86. The monoisotopic (exact) mass is 201 g/mol. The van der Waals surface area contributed by atoms with Crippen molar-refractivity contribution in [3.63, 3.8) is 0 Å². The molecule has 0 bridgehead atoms. The zero-order chi connectivity index (χ0) is 10.6. The molecule has 0 saturated carbocycles. The molecule has 0 saturated heterocycles. The number of hydrogen-bond acceptors (Lipinski definition) is 5. The third-order valence-electron chi connectivity index (χ3n) is 1.38. The van der Waals surface area contributed by atoms with E-state index in [1.807, 2.05) is 0 Å². The highest BCUT2D eigenvalue weighted by molar-refractivity contribution is 5.75. The van der Waals surface area contributed by atoms with Gasteiger partial charge in [-0.25, -0.2) is 9.79 Å². The van der Waals surface area contributed by atoms with Crippen LogP contribution in [0.5, 0.6) is 0 Å². The van der Waals surface area contributed by atoms with Crippen LogP contribution in [0.3, 0.4) is 0 Å². The minimum Gasteiger partial charge on any atom is -0.379 e. The Bertz CT molecular complexity index is 191. The molecule has 0 radical (unpaired) electrons. The van der Waals surface area contributed by atoms with Crippen molar-refractivity contribution >= 4 is 11.9 Å². The summed E-state index contributed by atoms with van der Waals surface area (Å²) in [6, 6.07) is 0. The molecule has 0 atom stereocenters. The van der Waals surface area contributed by atoms with Gasteiger partial charge in [0, 0.05) is 6.42 Å². The van der Waals surface area contributed by atoms with Gasteiger partial charge in [-0.2, -0.15) is 0 Å². The van der Waals surface area contributed by atoms with Crippen LogP contribution in [0.25, 0.3) is 0 Å². The van der Waals surface area contributed by atoms with Gasteiger partial charge in [-0.1, -0.05) is 0 Å². The van der Waals surface area contributed by atoms with E-state index in [0.29, 0.717) is 39.4 Å². The molecule has 0 aromatic carbocycles. The number of carbonyl (C=O) groups excluding carboxylic acids is 2. The third-order valence-corrected chi connectivity index (χ3v) is 1.38. The van der Waals surface area contributed by atoms with Crippen LogP contribution in [-0.4, -0.2) is 44.8 Å². The van der Waals surface area contributed by atoms with E-state index in [1.165, 1.54) is 13.0 Å². The molecule has 5 nitrogen and oxygen atoms in total. The quantitative estimate of drug-likeness (QED) is 0.306. The van der Waals surface area contributed by atoms with Crippen molar-refractivity contribution in [2.24, 2.45) is 4.99 Å². The van der Waals surface area contributed by atoms with Crippen molar-refractivity contribution in [1.82, 2.24) is 0 Å². The van der Waals surface area contributed by atoms with Gasteiger partial charge in [0.25, 0.3) is 0 Å². The Balaban J connectivity index is 2.99. The van der Waals surface area contributed by atoms with Gasteiger partial charge in [-0.15, -0.1) is 0 Å². The van der Waals surface area contributed by atoms with Gasteiger partial charge in [0.2, 0.25) is 6.08 Å². The highest BCUT2D eigenvalue weighted by Gasteiger charge is 1.93. The molecule has 0 aliphatic heterocycles. The van der Waals surface area contributed by atoms with Crippen LogP contribution in [0.15, 0.2) is 4.99 Å². The van der Waals surface area contributed by atoms with E-state index in [2.05, 4.69) is 4.99 Å². The van der Waals surface area contributed by atoms with Crippen molar-refractivity contribution in [3.8, 4) is 0 Å². The van der Waals surface area contributed by atoms with E-state index < -0.39 is 0 Å². The largest absolute Gasteiger partial charge is 0.379 e. The second-order valence-corrected chi connectivity index (χ2v) is 2.65. The minimum absolute atomic E-state index is 0.117. The number of rotatable bonds is 9. The zero-order valence-corrected chi connectivity index (χ0v) is 8.32. The van der Waals surface area contributed by atoms with Crippen LogP contribution >= 0.6 is 0 Å². The number of hydrogen-bond donors (Lipinski definition) is 0. The lowest BCUT2D eigenvalue weighted by Gasteiger charge is -2.02. The summed E-state index contributed by atoms with van der Waals surface area (Å²) in [7, 11) is 0. The maximum Gasteiger partial charge on any atom is 0.235 e. The van der Waals surface area contributed by atoms with Crippen LogP contribution in [-0.2, 0) is 19.1 Å². The predicted molar refractivity (Wildman–Crippen MR) is 49.9 cm³/mol. The van der Waals surface area contributed by atoms with E-state index in [9.17, 15) is 9.59 Å². The van der Waals surface area contributed by atoms with Gasteiger partial charge in [0.05, 0.1) is 33.0 Å². The number of isocyanates is 1. The summed E-state index contributed by atoms with van der Waals surface area (Å²) < 4.78 is 10.2. The lowest BCUT2D eigenvalue weighted by Crippen LogP contribution is -2.08. The fraction of sp³-hybridized carbons (Fsp3) is 0.778. The molecule has 5 heteroatoms. The molecule has 0 fully saturated rings. The van der Waals surface area contributed by atoms with Gasteiger partial charge in [-0.05, 0) is 6.92 Å². The fourth-order valence-electron chi connectivity index (χ4n) is 0.694. The Morgan fingerprint density at radius 2 is 1.86 bits per heavy atom. The number of carbonyl (C=O) groups is 1. The van der Waals surface area contributed by atoms with E-state index in [0.717, 1.165) is 0 Å². The summed E-state index contributed by atoms with van der Waals surface area (Å²) in [5.74, 6) is 0.117. The first-order valence-electron chi connectivity index (χ1n) is 4.46. The van der Waals surface area contributed by atoms with Crippen molar-refractivity contribution in [2.75, 3.05) is 33.0 Å². The Kier molecular flexibility index (Phi) is 9.31. The predicted octanol–water partition coefficient (Wildman–Crippen LogP) is 0.335. The maximum atomic E-state index is 10.5. The molecular weight excluding hydrogens is 186 g/mol. The summed E-state index contributed by atoms with van der Waals surface area (Å²) >= 11 is 0. The smallest absolute Gasteiger partial charge is 0.235 e. The Morgan fingerprint density at radius 3 is 2.43 bits per heavy atom. The molecule has 0 aromatic heterocycles. The molecule has 0 N–H and O–H groups in total. The summed E-state index contributed by atoms with van der Waals surface area (Å²) in [5.41, 5.74) is 0. The molecule has 0 aromatic rings. The van der Waals surface area contributed by atoms with Crippen LogP contribution in [0, 0.1) is 0 Å². The topological polar surface area (TPSA) is 65.0 Å². The Labute approximate surface area is 83.1 Å². The highest BCUT2D eigenvalue weighted by atomic mass is 16.5. The highest BCUT2D eigenvalue weighted by Crippen LogP contribution is 1.85. The van der Waals surface area contributed by atoms with Gasteiger partial charge in [0.1, 0.15) is 5.78 Å². The Morgan fingerprint density at radius 1 is 1.21 bits per heavy atom. The first-order chi connectivity index (χ1) is 6.77. The first-order valence-corrected chi connectivity index (χ1v) is 4.46. The van der Waals surface area contributed by atoms with E-state index >= 15 is 0 Å². The third kappa shape index (κ3) is 11.0. The average molecular weight is 201 g/mol. The van der Waals surface area contributed by atoms with E-state index in [4.69, 9.17) is 9.47 Å². The number of Topliss-reactive ketones (excluding diaryl/α,β-unsaturated/α-hetero) is 1. The van der Waals surface area contributed by atoms with Crippen molar-refractivity contribution < 1.29 is 19.1 Å². The molecule has 0 aliphatic carbocycles. The average Bonchev–Trinajstić information content (AvgIpc) is 2.15. The molecule has 0 unspecified atom stereocenters. The van der Waals surface area contributed by atoms with Gasteiger partial charge >= 0.3 is 0 Å². The van der Waals surface area contributed by atoms with Crippen molar-refractivity contribution in [2.45, 2.75) is 13.3 Å². The molecule has 0 amide bonds. The van der Waals surface area contributed by atoms with Gasteiger partial charge < -0.3 is 9.47 Å². The lowest BCUT2D eigenvalue weighted by molar-refractivity contribution is -0.118.